The zero-order chi connectivity index (χ0) is 16.4. The fourth-order valence-electron chi connectivity index (χ4n) is 2.44. The van der Waals surface area contributed by atoms with Gasteiger partial charge >= 0.3 is 0 Å². The summed E-state index contributed by atoms with van der Waals surface area (Å²) in [6.07, 6.45) is 0.0560. The molecule has 0 fully saturated rings. The monoisotopic (exact) mass is 373 g/mol. The third-order valence-corrected chi connectivity index (χ3v) is 4.28. The lowest BCUT2D eigenvalue weighted by Gasteiger charge is -2.26. The number of fused-ring (bicyclic) bond motifs is 1. The lowest BCUT2D eigenvalue weighted by Crippen LogP contribution is -2.41. The molecule has 6 heteroatoms. The predicted octanol–water partition coefficient (Wildman–Crippen LogP) is 3.52. The van der Waals surface area contributed by atoms with Gasteiger partial charge in [0.15, 0.2) is 0 Å². The molecule has 5 nitrogen and oxygen atoms in total. The van der Waals surface area contributed by atoms with E-state index in [0.717, 1.165) is 21.4 Å². The standard InChI is InChI=1S/C17H16BrN3O2/c1-10-6-7-12(11(18)8-10)20-16(22)9-15-17(23)21-14-5-3-2-4-13(14)19-15/h2-8,15,19H,9H2,1H3,(H,20,22)(H,21,23)/t15-/m1/s1. The highest BCUT2D eigenvalue weighted by Crippen LogP contribution is 2.27. The van der Waals surface area contributed by atoms with Crippen molar-refractivity contribution in [3.8, 4) is 0 Å². The summed E-state index contributed by atoms with van der Waals surface area (Å²) in [6.45, 7) is 1.98. The molecular weight excluding hydrogens is 358 g/mol. The normalized spacial score (nSPS) is 16.1. The number of hydrogen-bond donors (Lipinski definition) is 3. The molecule has 0 saturated heterocycles. The van der Waals surface area contributed by atoms with Crippen LogP contribution in [0.2, 0.25) is 0 Å². The molecule has 0 unspecified atom stereocenters. The molecule has 2 amide bonds. The summed E-state index contributed by atoms with van der Waals surface area (Å²) in [5, 5.41) is 8.73. The Morgan fingerprint density at radius 3 is 2.70 bits per heavy atom. The number of halogens is 1. The molecule has 2 aromatic carbocycles. The van der Waals surface area contributed by atoms with Gasteiger partial charge in [0.05, 0.1) is 23.5 Å². The van der Waals surface area contributed by atoms with Gasteiger partial charge in [0.1, 0.15) is 6.04 Å². The molecule has 1 aliphatic heterocycles. The third kappa shape index (κ3) is 3.53. The Bertz CT molecular complexity index is 776. The second-order valence-corrected chi connectivity index (χ2v) is 6.32. The predicted molar refractivity (Wildman–Crippen MR) is 94.6 cm³/mol. The van der Waals surface area contributed by atoms with E-state index in [2.05, 4.69) is 31.9 Å². The zero-order valence-electron chi connectivity index (χ0n) is 12.5. The quantitative estimate of drug-likeness (QED) is 0.770. The molecule has 0 aromatic heterocycles. The lowest BCUT2D eigenvalue weighted by atomic mass is 10.1. The maximum absolute atomic E-state index is 12.2. The Hall–Kier alpha value is -2.34. The van der Waals surface area contributed by atoms with Crippen LogP contribution in [0.3, 0.4) is 0 Å². The van der Waals surface area contributed by atoms with Gasteiger partial charge in [-0.15, -0.1) is 0 Å². The van der Waals surface area contributed by atoms with Crippen molar-refractivity contribution in [1.29, 1.82) is 0 Å². The van der Waals surface area contributed by atoms with Crippen molar-refractivity contribution in [2.45, 2.75) is 19.4 Å². The Kier molecular flexibility index (Phi) is 4.34. The Morgan fingerprint density at radius 1 is 1.22 bits per heavy atom. The van der Waals surface area contributed by atoms with E-state index in [9.17, 15) is 9.59 Å². The zero-order valence-corrected chi connectivity index (χ0v) is 14.1. The van der Waals surface area contributed by atoms with Gasteiger partial charge in [0, 0.05) is 4.47 Å². The highest BCUT2D eigenvalue weighted by Gasteiger charge is 2.27. The van der Waals surface area contributed by atoms with Gasteiger partial charge in [0.2, 0.25) is 11.8 Å². The van der Waals surface area contributed by atoms with Crippen molar-refractivity contribution >= 4 is 44.8 Å². The van der Waals surface area contributed by atoms with Crippen LogP contribution >= 0.6 is 15.9 Å². The Balaban J connectivity index is 1.67. The fourth-order valence-corrected chi connectivity index (χ4v) is 3.04. The van der Waals surface area contributed by atoms with E-state index in [4.69, 9.17) is 0 Å². The van der Waals surface area contributed by atoms with Crippen LogP contribution in [-0.4, -0.2) is 17.9 Å². The molecule has 0 aliphatic carbocycles. The van der Waals surface area contributed by atoms with Gasteiger partial charge in [-0.1, -0.05) is 18.2 Å². The van der Waals surface area contributed by atoms with Gasteiger partial charge in [-0.05, 0) is 52.7 Å². The number of amides is 2. The first-order chi connectivity index (χ1) is 11.0. The van der Waals surface area contributed by atoms with E-state index < -0.39 is 6.04 Å². The number of carbonyl (C=O) groups excluding carboxylic acids is 2. The van der Waals surface area contributed by atoms with Gasteiger partial charge in [-0.25, -0.2) is 0 Å². The molecule has 1 aliphatic rings. The maximum atomic E-state index is 12.2. The molecule has 0 bridgehead atoms. The van der Waals surface area contributed by atoms with Crippen molar-refractivity contribution in [2.75, 3.05) is 16.0 Å². The van der Waals surface area contributed by atoms with Crippen LogP contribution in [0.4, 0.5) is 17.1 Å². The van der Waals surface area contributed by atoms with Crippen LogP contribution in [0.25, 0.3) is 0 Å². The Morgan fingerprint density at radius 2 is 1.96 bits per heavy atom. The van der Waals surface area contributed by atoms with E-state index in [-0.39, 0.29) is 18.2 Å². The topological polar surface area (TPSA) is 70.2 Å². The molecule has 0 saturated carbocycles. The second kappa shape index (κ2) is 6.42. The minimum atomic E-state index is -0.589. The smallest absolute Gasteiger partial charge is 0.247 e. The molecule has 0 spiro atoms. The molecule has 2 aromatic rings. The second-order valence-electron chi connectivity index (χ2n) is 5.47. The van der Waals surface area contributed by atoms with Crippen LogP contribution in [0.5, 0.6) is 0 Å². The number of nitrogens with one attached hydrogen (secondary N) is 3. The summed E-state index contributed by atoms with van der Waals surface area (Å²) in [4.78, 5) is 24.3. The summed E-state index contributed by atoms with van der Waals surface area (Å²) in [7, 11) is 0. The molecular formula is C17H16BrN3O2. The minimum Gasteiger partial charge on any atom is -0.372 e. The van der Waals surface area contributed by atoms with Crippen LogP contribution in [0.1, 0.15) is 12.0 Å². The van der Waals surface area contributed by atoms with Crippen molar-refractivity contribution in [1.82, 2.24) is 0 Å². The maximum Gasteiger partial charge on any atom is 0.247 e. The van der Waals surface area contributed by atoms with Gasteiger partial charge < -0.3 is 16.0 Å². The molecule has 0 radical (unpaired) electrons. The van der Waals surface area contributed by atoms with Crippen LogP contribution in [0, 0.1) is 6.92 Å². The number of rotatable bonds is 3. The first-order valence-electron chi connectivity index (χ1n) is 7.25. The highest BCUT2D eigenvalue weighted by atomic mass is 79.9. The van der Waals surface area contributed by atoms with Crippen molar-refractivity contribution in [3.05, 3.63) is 52.5 Å². The number of hydrogen-bond acceptors (Lipinski definition) is 3. The molecule has 3 N–H and O–H groups in total. The first kappa shape index (κ1) is 15.6. The minimum absolute atomic E-state index is 0.0560. The van der Waals surface area contributed by atoms with E-state index in [0.29, 0.717) is 5.69 Å². The molecule has 118 valence electrons. The largest absolute Gasteiger partial charge is 0.372 e. The van der Waals surface area contributed by atoms with E-state index in [1.807, 2.05) is 49.4 Å². The van der Waals surface area contributed by atoms with Crippen LogP contribution in [-0.2, 0) is 9.59 Å². The Labute approximate surface area is 142 Å². The van der Waals surface area contributed by atoms with Gasteiger partial charge in [-0.2, -0.15) is 0 Å². The summed E-state index contributed by atoms with van der Waals surface area (Å²) in [5.74, 6) is -0.427. The van der Waals surface area contributed by atoms with Crippen molar-refractivity contribution in [2.24, 2.45) is 0 Å². The summed E-state index contributed by atoms with van der Waals surface area (Å²) < 4.78 is 0.817. The van der Waals surface area contributed by atoms with Crippen LogP contribution < -0.4 is 16.0 Å². The SMILES string of the molecule is Cc1ccc(NC(=O)C[C@H]2Nc3ccccc3NC2=O)c(Br)c1. The molecule has 1 atom stereocenters. The van der Waals surface area contributed by atoms with E-state index >= 15 is 0 Å². The third-order valence-electron chi connectivity index (χ3n) is 3.62. The van der Waals surface area contributed by atoms with Gasteiger partial charge in [0.25, 0.3) is 0 Å². The van der Waals surface area contributed by atoms with Crippen LogP contribution in [0.15, 0.2) is 46.9 Å². The number of aryl methyl sites for hydroxylation is 1. The summed E-state index contributed by atoms with van der Waals surface area (Å²) >= 11 is 3.42. The number of para-hydroxylation sites is 2. The number of anilines is 3. The first-order valence-corrected chi connectivity index (χ1v) is 8.04. The average Bonchev–Trinajstić information content (AvgIpc) is 2.51. The summed E-state index contributed by atoms with van der Waals surface area (Å²) in [6, 6.07) is 12.5. The van der Waals surface area contributed by atoms with Crippen molar-refractivity contribution < 1.29 is 9.59 Å². The van der Waals surface area contributed by atoms with Crippen molar-refractivity contribution in [3.63, 3.8) is 0 Å². The fraction of sp³-hybridized carbons (Fsp3) is 0.176. The molecule has 1 heterocycles. The van der Waals surface area contributed by atoms with E-state index in [1.54, 1.807) is 0 Å². The number of carbonyl (C=O) groups is 2. The lowest BCUT2D eigenvalue weighted by molar-refractivity contribution is -0.122. The summed E-state index contributed by atoms with van der Waals surface area (Å²) in [5.41, 5.74) is 3.34. The molecule has 23 heavy (non-hydrogen) atoms. The molecule has 3 rings (SSSR count). The van der Waals surface area contributed by atoms with Gasteiger partial charge in [-0.3, -0.25) is 9.59 Å². The average molecular weight is 374 g/mol. The van der Waals surface area contributed by atoms with E-state index in [1.165, 1.54) is 0 Å². The number of benzene rings is 2. The highest BCUT2D eigenvalue weighted by molar-refractivity contribution is 9.10.